The van der Waals surface area contributed by atoms with E-state index in [1.54, 1.807) is 6.26 Å². The second-order valence-corrected chi connectivity index (χ2v) is 9.01. The lowest BCUT2D eigenvalue weighted by molar-refractivity contribution is -0.140. The van der Waals surface area contributed by atoms with E-state index in [2.05, 4.69) is 5.32 Å². The van der Waals surface area contributed by atoms with Crippen LogP contribution in [-0.4, -0.2) is 16.4 Å². The third-order valence-corrected chi connectivity index (χ3v) is 6.86. The van der Waals surface area contributed by atoms with Gasteiger partial charge in [-0.05, 0) is 74.5 Å². The molecule has 5 rings (SSSR count). The number of carbonyl (C=O) groups is 1. The predicted octanol–water partition coefficient (Wildman–Crippen LogP) is 3.58. The van der Waals surface area contributed by atoms with Crippen LogP contribution in [0, 0.1) is 23.2 Å². The molecule has 1 atom stereocenters. The van der Waals surface area contributed by atoms with Gasteiger partial charge in [0.05, 0.1) is 5.41 Å². The zero-order valence-electron chi connectivity index (χ0n) is 13.0. The molecule has 4 fully saturated rings. The van der Waals surface area contributed by atoms with Crippen LogP contribution in [0.15, 0.2) is 29.2 Å². The number of hydrogen-bond acceptors (Lipinski definition) is 2. The predicted molar refractivity (Wildman–Crippen MR) is 88.0 cm³/mol. The molecule has 4 bridgehead atoms. The normalized spacial score (nSPS) is 37.0. The van der Waals surface area contributed by atoms with Crippen LogP contribution in [0.5, 0.6) is 0 Å². The van der Waals surface area contributed by atoms with E-state index in [9.17, 15) is 9.00 Å². The summed E-state index contributed by atoms with van der Waals surface area (Å²) >= 11 is 0. The van der Waals surface area contributed by atoms with E-state index < -0.39 is 10.8 Å². The van der Waals surface area contributed by atoms with Crippen LogP contribution in [-0.2, 0) is 15.6 Å². The van der Waals surface area contributed by atoms with Crippen LogP contribution in [0.4, 0.5) is 5.69 Å². The first-order chi connectivity index (χ1) is 10.5. The molecule has 4 heteroatoms. The molecule has 0 heterocycles. The van der Waals surface area contributed by atoms with Gasteiger partial charge in [0, 0.05) is 27.6 Å². The Balaban J connectivity index is 1.55. The number of anilines is 1. The second kappa shape index (κ2) is 5.19. The minimum Gasteiger partial charge on any atom is -0.326 e. The molecular formula is C18H23NO2S. The minimum atomic E-state index is -1.02. The van der Waals surface area contributed by atoms with Crippen molar-refractivity contribution < 1.29 is 9.00 Å². The largest absolute Gasteiger partial charge is 0.326 e. The van der Waals surface area contributed by atoms with Crippen molar-refractivity contribution in [1.82, 2.24) is 0 Å². The molecular weight excluding hydrogens is 294 g/mol. The van der Waals surface area contributed by atoms with Gasteiger partial charge in [0.1, 0.15) is 0 Å². The molecule has 0 aliphatic heterocycles. The Kier molecular flexibility index (Phi) is 3.40. The first-order valence-electron chi connectivity index (χ1n) is 8.29. The monoisotopic (exact) mass is 317 g/mol. The highest BCUT2D eigenvalue weighted by molar-refractivity contribution is 7.84. The fourth-order valence-electron chi connectivity index (χ4n) is 5.41. The maximum absolute atomic E-state index is 13.0. The molecule has 3 nitrogen and oxygen atoms in total. The van der Waals surface area contributed by atoms with Crippen LogP contribution >= 0.6 is 0 Å². The third kappa shape index (κ3) is 2.41. The van der Waals surface area contributed by atoms with Crippen molar-refractivity contribution in [3.63, 3.8) is 0 Å². The summed E-state index contributed by atoms with van der Waals surface area (Å²) in [6.07, 6.45) is 8.92. The first-order valence-corrected chi connectivity index (χ1v) is 9.85. The summed E-state index contributed by atoms with van der Waals surface area (Å²) in [5.41, 5.74) is 0.657. The van der Waals surface area contributed by atoms with E-state index in [0.717, 1.165) is 47.6 Å². The number of benzene rings is 1. The summed E-state index contributed by atoms with van der Waals surface area (Å²) in [7, 11) is -1.02. The summed E-state index contributed by atoms with van der Waals surface area (Å²) in [4.78, 5) is 13.7. The van der Waals surface area contributed by atoms with Gasteiger partial charge in [-0.15, -0.1) is 0 Å². The SMILES string of the molecule is CS(=O)c1cccc(NC(=O)C23CC4CC(CC(C4)C2)C3)c1. The van der Waals surface area contributed by atoms with Crippen LogP contribution < -0.4 is 5.32 Å². The van der Waals surface area contributed by atoms with Crippen molar-refractivity contribution in [2.45, 2.75) is 43.4 Å². The van der Waals surface area contributed by atoms with Gasteiger partial charge >= 0.3 is 0 Å². The van der Waals surface area contributed by atoms with E-state index in [1.165, 1.54) is 19.3 Å². The zero-order chi connectivity index (χ0) is 15.3. The molecule has 0 spiro atoms. The van der Waals surface area contributed by atoms with E-state index in [1.807, 2.05) is 24.3 Å². The standard InChI is InChI=1S/C18H23NO2S/c1-22(21)16-4-2-3-15(8-16)19-17(20)18-9-12-5-13(10-18)7-14(6-12)11-18/h2-4,8,12-14H,5-7,9-11H2,1H3,(H,19,20). The lowest BCUT2D eigenvalue weighted by Gasteiger charge is -2.55. The number of nitrogens with one attached hydrogen (secondary N) is 1. The van der Waals surface area contributed by atoms with Gasteiger partial charge in [-0.3, -0.25) is 9.00 Å². The zero-order valence-corrected chi connectivity index (χ0v) is 13.8. The van der Waals surface area contributed by atoms with Crippen molar-refractivity contribution in [3.8, 4) is 0 Å². The molecule has 0 saturated heterocycles. The average molecular weight is 317 g/mol. The highest BCUT2D eigenvalue weighted by Gasteiger charge is 2.54. The average Bonchev–Trinajstić information content (AvgIpc) is 2.46. The number of hydrogen-bond donors (Lipinski definition) is 1. The molecule has 0 aromatic heterocycles. The molecule has 0 radical (unpaired) electrons. The molecule has 4 aliphatic carbocycles. The van der Waals surface area contributed by atoms with Gasteiger partial charge < -0.3 is 5.32 Å². The topological polar surface area (TPSA) is 46.2 Å². The molecule has 4 saturated carbocycles. The van der Waals surface area contributed by atoms with E-state index in [4.69, 9.17) is 0 Å². The van der Waals surface area contributed by atoms with Gasteiger partial charge in [-0.2, -0.15) is 0 Å². The van der Waals surface area contributed by atoms with E-state index in [-0.39, 0.29) is 11.3 Å². The summed E-state index contributed by atoms with van der Waals surface area (Å²) in [6, 6.07) is 7.45. The molecule has 1 N–H and O–H groups in total. The summed E-state index contributed by atoms with van der Waals surface area (Å²) in [6.45, 7) is 0. The minimum absolute atomic E-state index is 0.129. The molecule has 1 amide bonds. The maximum atomic E-state index is 13.0. The maximum Gasteiger partial charge on any atom is 0.230 e. The Bertz CT molecular complexity index is 604. The molecule has 1 unspecified atom stereocenters. The third-order valence-electron chi connectivity index (χ3n) is 5.94. The molecule has 1 aromatic carbocycles. The molecule has 118 valence electrons. The molecule has 4 aliphatic rings. The first kappa shape index (κ1) is 14.4. The van der Waals surface area contributed by atoms with Crippen molar-refractivity contribution in [2.24, 2.45) is 23.2 Å². The van der Waals surface area contributed by atoms with Crippen molar-refractivity contribution in [3.05, 3.63) is 24.3 Å². The van der Waals surface area contributed by atoms with Crippen LogP contribution in [0.1, 0.15) is 38.5 Å². The quantitative estimate of drug-likeness (QED) is 0.926. The fourth-order valence-corrected chi connectivity index (χ4v) is 5.97. The molecule has 22 heavy (non-hydrogen) atoms. The van der Waals surface area contributed by atoms with Gasteiger partial charge in [0.2, 0.25) is 5.91 Å². The van der Waals surface area contributed by atoms with E-state index in [0.29, 0.717) is 0 Å². The highest BCUT2D eigenvalue weighted by atomic mass is 32.2. The second-order valence-electron chi connectivity index (χ2n) is 7.63. The highest BCUT2D eigenvalue weighted by Crippen LogP contribution is 2.60. The van der Waals surface area contributed by atoms with Crippen LogP contribution in [0.25, 0.3) is 0 Å². The van der Waals surface area contributed by atoms with Gasteiger partial charge in [-0.1, -0.05) is 6.07 Å². The van der Waals surface area contributed by atoms with Crippen LogP contribution in [0.2, 0.25) is 0 Å². The summed E-state index contributed by atoms with van der Waals surface area (Å²) in [5, 5.41) is 3.12. The Labute approximate surface area is 134 Å². The van der Waals surface area contributed by atoms with E-state index >= 15 is 0 Å². The number of carbonyl (C=O) groups excluding carboxylic acids is 1. The Hall–Kier alpha value is -1.16. The van der Waals surface area contributed by atoms with Gasteiger partial charge in [0.25, 0.3) is 0 Å². The summed E-state index contributed by atoms with van der Waals surface area (Å²) in [5.74, 6) is 2.51. The fraction of sp³-hybridized carbons (Fsp3) is 0.611. The Morgan fingerprint density at radius 3 is 2.27 bits per heavy atom. The van der Waals surface area contributed by atoms with Crippen molar-refractivity contribution in [1.29, 1.82) is 0 Å². The van der Waals surface area contributed by atoms with Gasteiger partial charge in [-0.25, -0.2) is 0 Å². The summed E-state index contributed by atoms with van der Waals surface area (Å²) < 4.78 is 11.6. The Morgan fingerprint density at radius 2 is 1.73 bits per heavy atom. The molecule has 1 aromatic rings. The number of amides is 1. The number of rotatable bonds is 3. The van der Waals surface area contributed by atoms with Crippen molar-refractivity contribution >= 4 is 22.4 Å². The smallest absolute Gasteiger partial charge is 0.230 e. The van der Waals surface area contributed by atoms with Crippen LogP contribution in [0.3, 0.4) is 0 Å². The lowest BCUT2D eigenvalue weighted by Crippen LogP contribution is -2.51. The van der Waals surface area contributed by atoms with Gasteiger partial charge in [0.15, 0.2) is 0 Å². The Morgan fingerprint density at radius 1 is 1.14 bits per heavy atom. The lowest BCUT2D eigenvalue weighted by atomic mass is 9.49. The van der Waals surface area contributed by atoms with Crippen molar-refractivity contribution in [2.75, 3.05) is 11.6 Å².